The molecule has 1 aromatic rings. The third kappa shape index (κ3) is 2.53. The van der Waals surface area contributed by atoms with E-state index in [0.717, 1.165) is 13.0 Å². The molecule has 82 valence electrons. The van der Waals surface area contributed by atoms with Crippen molar-refractivity contribution < 1.29 is 24.3 Å². The van der Waals surface area contributed by atoms with Crippen LogP contribution in [0, 0.1) is 10.1 Å². The Morgan fingerprint density at radius 3 is 2.67 bits per heavy atom. The zero-order chi connectivity index (χ0) is 11.6. The third-order valence-electron chi connectivity index (χ3n) is 1.81. The molecular formula is C8H9NO6. The standard InChI is InChI=1S/C8H9NO6/c1-8(12,7(10)11)4-5-2-3-6(15-5)9(13)14/h2-3,12H,4H2,1H3,(H,10,11). The molecule has 7 heteroatoms. The minimum absolute atomic E-state index is 0.0501. The molecule has 1 unspecified atom stereocenters. The number of hydrogen-bond acceptors (Lipinski definition) is 5. The van der Waals surface area contributed by atoms with E-state index in [1.807, 2.05) is 0 Å². The smallest absolute Gasteiger partial charge is 0.433 e. The first-order valence-corrected chi connectivity index (χ1v) is 4.02. The van der Waals surface area contributed by atoms with Gasteiger partial charge in [0, 0.05) is 6.42 Å². The predicted molar refractivity (Wildman–Crippen MR) is 47.3 cm³/mol. The monoisotopic (exact) mass is 215 g/mol. The summed E-state index contributed by atoms with van der Waals surface area (Å²) in [5.74, 6) is -1.85. The van der Waals surface area contributed by atoms with E-state index in [0.29, 0.717) is 0 Å². The first kappa shape index (κ1) is 11.2. The van der Waals surface area contributed by atoms with E-state index in [9.17, 15) is 20.0 Å². The second kappa shape index (κ2) is 3.70. The summed E-state index contributed by atoms with van der Waals surface area (Å²) in [6.07, 6.45) is -0.323. The number of carbonyl (C=O) groups is 1. The fraction of sp³-hybridized carbons (Fsp3) is 0.375. The van der Waals surface area contributed by atoms with Crippen molar-refractivity contribution in [1.82, 2.24) is 0 Å². The van der Waals surface area contributed by atoms with Gasteiger partial charge in [-0.15, -0.1) is 0 Å². The van der Waals surface area contributed by atoms with Crippen LogP contribution in [0.25, 0.3) is 0 Å². The zero-order valence-corrected chi connectivity index (χ0v) is 7.84. The zero-order valence-electron chi connectivity index (χ0n) is 7.84. The molecule has 2 N–H and O–H groups in total. The first-order chi connectivity index (χ1) is 6.83. The lowest BCUT2D eigenvalue weighted by atomic mass is 10.0. The summed E-state index contributed by atoms with van der Waals surface area (Å²) < 4.78 is 4.71. The summed E-state index contributed by atoms with van der Waals surface area (Å²) in [5, 5.41) is 28.2. The molecule has 15 heavy (non-hydrogen) atoms. The minimum Gasteiger partial charge on any atom is -0.479 e. The second-order valence-electron chi connectivity index (χ2n) is 3.25. The van der Waals surface area contributed by atoms with E-state index < -0.39 is 22.4 Å². The van der Waals surface area contributed by atoms with Crippen LogP contribution in [0.5, 0.6) is 0 Å². The lowest BCUT2D eigenvalue weighted by Crippen LogP contribution is -2.36. The van der Waals surface area contributed by atoms with Gasteiger partial charge < -0.3 is 14.6 Å². The van der Waals surface area contributed by atoms with E-state index in [4.69, 9.17) is 9.52 Å². The molecule has 0 aromatic carbocycles. The van der Waals surface area contributed by atoms with Crippen molar-refractivity contribution >= 4 is 11.9 Å². The molecule has 0 fully saturated rings. The van der Waals surface area contributed by atoms with Gasteiger partial charge in [0.2, 0.25) is 0 Å². The summed E-state index contributed by atoms with van der Waals surface area (Å²) in [5.41, 5.74) is -1.99. The predicted octanol–water partition coefficient (Wildman–Crippen LogP) is 0.566. The molecular weight excluding hydrogens is 206 g/mol. The number of aliphatic hydroxyl groups is 1. The van der Waals surface area contributed by atoms with Crippen molar-refractivity contribution in [3.63, 3.8) is 0 Å². The van der Waals surface area contributed by atoms with Gasteiger partial charge in [0.25, 0.3) is 0 Å². The van der Waals surface area contributed by atoms with Gasteiger partial charge in [-0.3, -0.25) is 10.1 Å². The summed E-state index contributed by atoms with van der Waals surface area (Å²) in [7, 11) is 0. The lowest BCUT2D eigenvalue weighted by molar-refractivity contribution is -0.402. The Bertz CT molecular complexity index is 394. The van der Waals surface area contributed by atoms with Crippen LogP contribution in [0.3, 0.4) is 0 Å². The molecule has 0 aliphatic carbocycles. The highest BCUT2D eigenvalue weighted by molar-refractivity contribution is 5.76. The fourth-order valence-corrected chi connectivity index (χ4v) is 0.975. The summed E-state index contributed by atoms with van der Waals surface area (Å²) in [6, 6.07) is 2.36. The molecule has 1 aromatic heterocycles. The van der Waals surface area contributed by atoms with Crippen LogP contribution in [0.4, 0.5) is 5.88 Å². The van der Waals surface area contributed by atoms with Crippen molar-refractivity contribution in [3.8, 4) is 0 Å². The van der Waals surface area contributed by atoms with Crippen LogP contribution < -0.4 is 0 Å². The number of carboxylic acids is 1. The van der Waals surface area contributed by atoms with Crippen LogP contribution in [0.1, 0.15) is 12.7 Å². The minimum atomic E-state index is -1.99. The normalized spacial score (nSPS) is 14.5. The number of nitro groups is 1. The quantitative estimate of drug-likeness (QED) is 0.560. The average molecular weight is 215 g/mol. The Hall–Kier alpha value is -1.89. The van der Waals surface area contributed by atoms with Gasteiger partial charge >= 0.3 is 11.9 Å². The number of nitrogens with zero attached hydrogens (tertiary/aromatic N) is 1. The summed E-state index contributed by atoms with van der Waals surface area (Å²) in [4.78, 5) is 20.1. The summed E-state index contributed by atoms with van der Waals surface area (Å²) >= 11 is 0. The highest BCUT2D eigenvalue weighted by Crippen LogP contribution is 2.20. The molecule has 0 aliphatic heterocycles. The molecule has 1 rings (SSSR count). The Morgan fingerprint density at radius 1 is 1.67 bits per heavy atom. The molecule has 7 nitrogen and oxygen atoms in total. The van der Waals surface area contributed by atoms with Crippen molar-refractivity contribution in [1.29, 1.82) is 0 Å². The Labute approximate surface area is 84.1 Å². The second-order valence-corrected chi connectivity index (χ2v) is 3.25. The van der Waals surface area contributed by atoms with Crippen LogP contribution >= 0.6 is 0 Å². The fourth-order valence-electron chi connectivity index (χ4n) is 0.975. The van der Waals surface area contributed by atoms with E-state index in [2.05, 4.69) is 0 Å². The SMILES string of the molecule is CC(O)(Cc1ccc([N+](=O)[O-])o1)C(=O)O. The van der Waals surface area contributed by atoms with Gasteiger partial charge in [0.1, 0.15) is 10.7 Å². The van der Waals surface area contributed by atoms with Crippen molar-refractivity contribution in [3.05, 3.63) is 28.0 Å². The Kier molecular flexibility index (Phi) is 2.76. The number of rotatable bonds is 4. The molecule has 1 atom stereocenters. The molecule has 0 spiro atoms. The maximum Gasteiger partial charge on any atom is 0.433 e. The van der Waals surface area contributed by atoms with Gasteiger partial charge in [0.05, 0.1) is 6.07 Å². The van der Waals surface area contributed by atoms with E-state index in [-0.39, 0.29) is 12.2 Å². The largest absolute Gasteiger partial charge is 0.479 e. The van der Waals surface area contributed by atoms with Gasteiger partial charge in [-0.2, -0.15) is 0 Å². The van der Waals surface area contributed by atoms with Gasteiger partial charge in [-0.25, -0.2) is 4.79 Å². The maximum atomic E-state index is 10.5. The lowest BCUT2D eigenvalue weighted by Gasteiger charge is -2.15. The first-order valence-electron chi connectivity index (χ1n) is 4.02. The van der Waals surface area contributed by atoms with E-state index in [1.165, 1.54) is 6.07 Å². The van der Waals surface area contributed by atoms with E-state index >= 15 is 0 Å². The molecule has 0 saturated carbocycles. The molecule has 0 saturated heterocycles. The van der Waals surface area contributed by atoms with Gasteiger partial charge in [0.15, 0.2) is 5.60 Å². The Balaban J connectivity index is 2.82. The van der Waals surface area contributed by atoms with Crippen LogP contribution in [0.2, 0.25) is 0 Å². The highest BCUT2D eigenvalue weighted by atomic mass is 16.6. The number of aliphatic carboxylic acids is 1. The van der Waals surface area contributed by atoms with Crippen LogP contribution in [-0.2, 0) is 11.2 Å². The molecule has 0 radical (unpaired) electrons. The number of hydrogen-bond donors (Lipinski definition) is 2. The molecule has 0 amide bonds. The van der Waals surface area contributed by atoms with Gasteiger partial charge in [-0.05, 0) is 13.0 Å². The highest BCUT2D eigenvalue weighted by Gasteiger charge is 2.32. The average Bonchev–Trinajstić information content (AvgIpc) is 2.51. The molecule has 1 heterocycles. The molecule has 0 aliphatic rings. The number of carboxylic acid groups (broad SMARTS) is 1. The van der Waals surface area contributed by atoms with Crippen molar-refractivity contribution in [2.24, 2.45) is 0 Å². The van der Waals surface area contributed by atoms with Crippen molar-refractivity contribution in [2.75, 3.05) is 0 Å². The molecule has 0 bridgehead atoms. The van der Waals surface area contributed by atoms with E-state index in [1.54, 1.807) is 0 Å². The van der Waals surface area contributed by atoms with Crippen LogP contribution in [-0.4, -0.2) is 26.7 Å². The topological polar surface area (TPSA) is 114 Å². The third-order valence-corrected chi connectivity index (χ3v) is 1.81. The van der Waals surface area contributed by atoms with Crippen molar-refractivity contribution in [2.45, 2.75) is 18.9 Å². The van der Waals surface area contributed by atoms with Crippen LogP contribution in [0.15, 0.2) is 16.5 Å². The summed E-state index contributed by atoms with van der Waals surface area (Å²) in [6.45, 7) is 1.09. The van der Waals surface area contributed by atoms with Gasteiger partial charge in [-0.1, -0.05) is 0 Å². The maximum absolute atomic E-state index is 10.5. The number of furan rings is 1. The Morgan fingerprint density at radius 2 is 2.27 bits per heavy atom.